The minimum absolute atomic E-state index is 0.176. The van der Waals surface area contributed by atoms with Gasteiger partial charge in [-0.1, -0.05) is 12.1 Å². The second-order valence-electron chi connectivity index (χ2n) is 5.86. The molecule has 1 aliphatic carbocycles. The molecule has 0 radical (unpaired) electrons. The lowest BCUT2D eigenvalue weighted by molar-refractivity contribution is 0.0600. The highest BCUT2D eigenvalue weighted by Gasteiger charge is 2.24. The molecule has 0 atom stereocenters. The van der Waals surface area contributed by atoms with E-state index in [0.717, 1.165) is 12.8 Å². The first kappa shape index (κ1) is 16.7. The van der Waals surface area contributed by atoms with Crippen molar-refractivity contribution < 1.29 is 19.1 Å². The second kappa shape index (κ2) is 7.17. The lowest BCUT2D eigenvalue weighted by Crippen LogP contribution is -2.25. The van der Waals surface area contributed by atoms with E-state index in [1.54, 1.807) is 42.5 Å². The van der Waals surface area contributed by atoms with Gasteiger partial charge in [-0.25, -0.2) is 4.79 Å². The van der Waals surface area contributed by atoms with Gasteiger partial charge in [0.15, 0.2) is 0 Å². The third-order valence-corrected chi connectivity index (χ3v) is 3.84. The molecule has 0 spiro atoms. The quantitative estimate of drug-likeness (QED) is 0.821. The molecule has 0 bridgehead atoms. The predicted molar refractivity (Wildman–Crippen MR) is 92.7 cm³/mol. The van der Waals surface area contributed by atoms with Gasteiger partial charge in [0.25, 0.3) is 11.8 Å². The van der Waals surface area contributed by atoms with Crippen molar-refractivity contribution in [1.29, 1.82) is 0 Å². The van der Waals surface area contributed by atoms with Crippen molar-refractivity contribution >= 4 is 23.5 Å². The molecule has 128 valence electrons. The maximum absolute atomic E-state index is 12.4. The topological polar surface area (TPSA) is 84.5 Å². The summed E-state index contributed by atoms with van der Waals surface area (Å²) >= 11 is 0. The summed E-state index contributed by atoms with van der Waals surface area (Å²) in [5.74, 6) is -1.01. The van der Waals surface area contributed by atoms with Crippen molar-refractivity contribution in [3.8, 4) is 0 Å². The number of rotatable bonds is 5. The number of esters is 1. The molecule has 2 amide bonds. The number of nitrogens with one attached hydrogen (secondary N) is 2. The smallest absolute Gasteiger partial charge is 0.337 e. The molecule has 3 rings (SSSR count). The van der Waals surface area contributed by atoms with Gasteiger partial charge in [0.05, 0.1) is 12.7 Å². The summed E-state index contributed by atoms with van der Waals surface area (Å²) in [7, 11) is 1.30. The molecule has 6 heteroatoms. The normalized spacial score (nSPS) is 13.0. The summed E-state index contributed by atoms with van der Waals surface area (Å²) in [6, 6.07) is 13.2. The lowest BCUT2D eigenvalue weighted by Gasteiger charge is -2.08. The van der Waals surface area contributed by atoms with E-state index in [2.05, 4.69) is 15.4 Å². The van der Waals surface area contributed by atoms with E-state index in [4.69, 9.17) is 0 Å². The number of anilines is 1. The zero-order valence-electron chi connectivity index (χ0n) is 13.7. The van der Waals surface area contributed by atoms with Gasteiger partial charge in [-0.2, -0.15) is 0 Å². The standard InChI is InChI=1S/C19H18N2O4/c1-25-19(24)14-6-3-7-16(11-14)21-18(23)13-5-2-4-12(10-13)17(22)20-15-8-9-15/h2-7,10-11,15H,8-9H2,1H3,(H,20,22)(H,21,23). The molecule has 0 saturated heterocycles. The van der Waals surface area contributed by atoms with Gasteiger partial charge in [0.2, 0.25) is 0 Å². The Morgan fingerprint density at radius 1 is 0.920 bits per heavy atom. The Kier molecular flexibility index (Phi) is 4.79. The number of methoxy groups -OCH3 is 1. The number of amides is 2. The van der Waals surface area contributed by atoms with Gasteiger partial charge in [-0.05, 0) is 49.2 Å². The number of hydrogen-bond acceptors (Lipinski definition) is 4. The zero-order valence-corrected chi connectivity index (χ0v) is 13.7. The number of carbonyl (C=O) groups is 3. The Morgan fingerprint density at radius 3 is 2.24 bits per heavy atom. The van der Waals surface area contributed by atoms with Crippen LogP contribution < -0.4 is 10.6 Å². The Hall–Kier alpha value is -3.15. The van der Waals surface area contributed by atoms with E-state index in [1.165, 1.54) is 13.2 Å². The van der Waals surface area contributed by atoms with Crippen molar-refractivity contribution in [3.63, 3.8) is 0 Å². The Labute approximate surface area is 145 Å². The van der Waals surface area contributed by atoms with Crippen LogP contribution in [-0.4, -0.2) is 30.9 Å². The fraction of sp³-hybridized carbons (Fsp3) is 0.211. The van der Waals surface area contributed by atoms with Crippen LogP contribution in [0, 0.1) is 0 Å². The van der Waals surface area contributed by atoms with Crippen molar-refractivity contribution in [2.24, 2.45) is 0 Å². The maximum Gasteiger partial charge on any atom is 0.337 e. The summed E-state index contributed by atoms with van der Waals surface area (Å²) < 4.78 is 4.66. The van der Waals surface area contributed by atoms with Gasteiger partial charge in [-0.15, -0.1) is 0 Å². The van der Waals surface area contributed by atoms with Gasteiger partial charge in [0.1, 0.15) is 0 Å². The second-order valence-corrected chi connectivity index (χ2v) is 5.86. The first-order valence-corrected chi connectivity index (χ1v) is 7.97. The third-order valence-electron chi connectivity index (χ3n) is 3.84. The summed E-state index contributed by atoms with van der Waals surface area (Å²) in [5, 5.41) is 5.61. The SMILES string of the molecule is COC(=O)c1cccc(NC(=O)c2cccc(C(=O)NC3CC3)c2)c1. The van der Waals surface area contributed by atoms with Crippen molar-refractivity contribution in [2.75, 3.05) is 12.4 Å². The number of carbonyl (C=O) groups excluding carboxylic acids is 3. The van der Waals surface area contributed by atoms with Crippen LogP contribution in [0.4, 0.5) is 5.69 Å². The first-order chi connectivity index (χ1) is 12.1. The predicted octanol–water partition coefficient (Wildman–Crippen LogP) is 2.62. The van der Waals surface area contributed by atoms with Crippen molar-refractivity contribution in [3.05, 3.63) is 65.2 Å². The highest BCUT2D eigenvalue weighted by molar-refractivity contribution is 6.06. The molecule has 0 aliphatic heterocycles. The molecule has 0 unspecified atom stereocenters. The van der Waals surface area contributed by atoms with Crippen molar-refractivity contribution in [2.45, 2.75) is 18.9 Å². The highest BCUT2D eigenvalue weighted by Crippen LogP contribution is 2.20. The third kappa shape index (κ3) is 4.23. The van der Waals surface area contributed by atoms with Crippen LogP contribution in [0.15, 0.2) is 48.5 Å². The van der Waals surface area contributed by atoms with Crippen LogP contribution >= 0.6 is 0 Å². The van der Waals surface area contributed by atoms with E-state index in [9.17, 15) is 14.4 Å². The summed E-state index contributed by atoms with van der Waals surface area (Å²) in [4.78, 5) is 36.1. The van der Waals surface area contributed by atoms with E-state index >= 15 is 0 Å². The minimum atomic E-state index is -0.477. The van der Waals surface area contributed by atoms with Crippen LogP contribution in [0.25, 0.3) is 0 Å². The molecule has 0 aromatic heterocycles. The first-order valence-electron chi connectivity index (χ1n) is 7.97. The van der Waals surface area contributed by atoms with Gasteiger partial charge >= 0.3 is 5.97 Å². The molecule has 0 heterocycles. The largest absolute Gasteiger partial charge is 0.465 e. The van der Waals surface area contributed by atoms with Crippen LogP contribution in [0.1, 0.15) is 43.9 Å². The highest BCUT2D eigenvalue weighted by atomic mass is 16.5. The number of benzene rings is 2. The average molecular weight is 338 g/mol. The van der Waals surface area contributed by atoms with E-state index in [0.29, 0.717) is 22.4 Å². The van der Waals surface area contributed by atoms with E-state index in [1.807, 2.05) is 0 Å². The molecule has 2 aromatic carbocycles. The zero-order chi connectivity index (χ0) is 17.8. The summed E-state index contributed by atoms with van der Waals surface area (Å²) in [5.41, 5.74) is 1.63. The fourth-order valence-corrected chi connectivity index (χ4v) is 2.34. The Bertz CT molecular complexity index is 828. The lowest BCUT2D eigenvalue weighted by atomic mass is 10.1. The van der Waals surface area contributed by atoms with E-state index < -0.39 is 5.97 Å². The van der Waals surface area contributed by atoms with Gasteiger partial charge in [-0.3, -0.25) is 9.59 Å². The van der Waals surface area contributed by atoms with Crippen LogP contribution in [0.3, 0.4) is 0 Å². The fourth-order valence-electron chi connectivity index (χ4n) is 2.34. The summed E-state index contributed by atoms with van der Waals surface area (Å²) in [6.45, 7) is 0. The monoisotopic (exact) mass is 338 g/mol. The molecular weight excluding hydrogens is 320 g/mol. The van der Waals surface area contributed by atoms with Gasteiger partial charge < -0.3 is 15.4 Å². The van der Waals surface area contributed by atoms with E-state index in [-0.39, 0.29) is 17.9 Å². The molecular formula is C19H18N2O4. The average Bonchev–Trinajstić information content (AvgIpc) is 3.45. The summed E-state index contributed by atoms with van der Waals surface area (Å²) in [6.07, 6.45) is 2.00. The van der Waals surface area contributed by atoms with Crippen LogP contribution in [0.2, 0.25) is 0 Å². The maximum atomic E-state index is 12.4. The van der Waals surface area contributed by atoms with Crippen molar-refractivity contribution in [1.82, 2.24) is 5.32 Å². The van der Waals surface area contributed by atoms with Crippen LogP contribution in [0.5, 0.6) is 0 Å². The molecule has 6 nitrogen and oxygen atoms in total. The molecule has 2 N–H and O–H groups in total. The molecule has 2 aromatic rings. The Balaban J connectivity index is 1.72. The molecule has 1 saturated carbocycles. The molecule has 1 aliphatic rings. The molecule has 1 fully saturated rings. The number of ether oxygens (including phenoxy) is 1. The minimum Gasteiger partial charge on any atom is -0.465 e. The van der Waals surface area contributed by atoms with Gasteiger partial charge in [0, 0.05) is 22.9 Å². The number of hydrogen-bond donors (Lipinski definition) is 2. The molecule has 25 heavy (non-hydrogen) atoms. The van der Waals surface area contributed by atoms with Crippen LogP contribution in [-0.2, 0) is 4.74 Å². The Morgan fingerprint density at radius 2 is 1.56 bits per heavy atom.